The lowest BCUT2D eigenvalue weighted by Gasteiger charge is -2.35. The second-order valence-electron chi connectivity index (χ2n) is 5.64. The monoisotopic (exact) mass is 245 g/mol. The summed E-state index contributed by atoms with van der Waals surface area (Å²) in [7, 11) is 0. The van der Waals surface area contributed by atoms with Crippen LogP contribution in [0.1, 0.15) is 24.8 Å². The van der Waals surface area contributed by atoms with Crippen LogP contribution in [0.4, 0.5) is 0 Å². The molecule has 0 spiro atoms. The molecule has 3 nitrogen and oxygen atoms in total. The SMILES string of the molecule is NCC1(NCc2ccccc2)CCN2CCCC21. The van der Waals surface area contributed by atoms with E-state index < -0.39 is 0 Å². The Morgan fingerprint density at radius 1 is 1.28 bits per heavy atom. The van der Waals surface area contributed by atoms with Gasteiger partial charge in [-0.3, -0.25) is 4.90 Å². The first kappa shape index (κ1) is 12.2. The maximum absolute atomic E-state index is 6.10. The molecule has 2 atom stereocenters. The number of nitrogens with zero attached hydrogens (tertiary/aromatic N) is 1. The Morgan fingerprint density at radius 2 is 2.11 bits per heavy atom. The van der Waals surface area contributed by atoms with Crippen LogP contribution in [0, 0.1) is 0 Å². The van der Waals surface area contributed by atoms with Crippen molar-refractivity contribution >= 4 is 0 Å². The Bertz CT molecular complexity index is 392. The molecule has 2 unspecified atom stereocenters. The Kier molecular flexibility index (Phi) is 3.37. The van der Waals surface area contributed by atoms with E-state index in [9.17, 15) is 0 Å². The van der Waals surface area contributed by atoms with E-state index in [1.165, 1.54) is 37.9 Å². The van der Waals surface area contributed by atoms with E-state index in [-0.39, 0.29) is 5.54 Å². The maximum Gasteiger partial charge on any atom is 0.0476 e. The van der Waals surface area contributed by atoms with Crippen molar-refractivity contribution in [3.8, 4) is 0 Å². The largest absolute Gasteiger partial charge is 0.329 e. The molecule has 2 aliphatic heterocycles. The number of benzene rings is 1. The van der Waals surface area contributed by atoms with Crippen molar-refractivity contribution in [1.82, 2.24) is 10.2 Å². The third-order valence-corrected chi connectivity index (χ3v) is 4.70. The van der Waals surface area contributed by atoms with Gasteiger partial charge in [0.15, 0.2) is 0 Å². The van der Waals surface area contributed by atoms with Crippen LogP contribution < -0.4 is 11.1 Å². The normalized spacial score (nSPS) is 31.7. The standard InChI is InChI=1S/C15H23N3/c16-12-15(8-10-18-9-4-7-14(15)18)17-11-13-5-2-1-3-6-13/h1-3,5-6,14,17H,4,7-12,16H2. The van der Waals surface area contributed by atoms with Gasteiger partial charge in [0.1, 0.15) is 0 Å². The summed E-state index contributed by atoms with van der Waals surface area (Å²) in [5.41, 5.74) is 7.59. The zero-order valence-corrected chi connectivity index (χ0v) is 10.9. The molecule has 2 saturated heterocycles. The van der Waals surface area contributed by atoms with Gasteiger partial charge in [-0.25, -0.2) is 0 Å². The number of fused-ring (bicyclic) bond motifs is 1. The van der Waals surface area contributed by atoms with Gasteiger partial charge >= 0.3 is 0 Å². The molecule has 0 bridgehead atoms. The minimum absolute atomic E-state index is 0.145. The predicted molar refractivity (Wildman–Crippen MR) is 74.3 cm³/mol. The molecule has 0 saturated carbocycles. The summed E-state index contributed by atoms with van der Waals surface area (Å²) in [5, 5.41) is 3.77. The molecule has 2 aliphatic rings. The number of rotatable bonds is 4. The van der Waals surface area contributed by atoms with Gasteiger partial charge in [-0.1, -0.05) is 30.3 Å². The quantitative estimate of drug-likeness (QED) is 0.841. The summed E-state index contributed by atoms with van der Waals surface area (Å²) in [6.07, 6.45) is 3.83. The zero-order valence-electron chi connectivity index (χ0n) is 10.9. The van der Waals surface area contributed by atoms with Gasteiger partial charge in [0, 0.05) is 31.2 Å². The van der Waals surface area contributed by atoms with Gasteiger partial charge in [0.05, 0.1) is 0 Å². The van der Waals surface area contributed by atoms with Crippen molar-refractivity contribution in [2.24, 2.45) is 5.73 Å². The lowest BCUT2D eigenvalue weighted by molar-refractivity contribution is 0.227. The van der Waals surface area contributed by atoms with Crippen molar-refractivity contribution in [2.45, 2.75) is 37.4 Å². The highest BCUT2D eigenvalue weighted by atomic mass is 15.3. The van der Waals surface area contributed by atoms with Gasteiger partial charge in [0.2, 0.25) is 0 Å². The summed E-state index contributed by atoms with van der Waals surface area (Å²) in [6.45, 7) is 4.16. The Labute approximate surface area is 109 Å². The molecule has 3 heteroatoms. The second-order valence-corrected chi connectivity index (χ2v) is 5.64. The molecule has 3 N–H and O–H groups in total. The highest BCUT2D eigenvalue weighted by Crippen LogP contribution is 2.35. The third kappa shape index (κ3) is 2.07. The van der Waals surface area contributed by atoms with Crippen LogP contribution in [0.5, 0.6) is 0 Å². The highest BCUT2D eigenvalue weighted by molar-refractivity contribution is 5.16. The van der Waals surface area contributed by atoms with Crippen molar-refractivity contribution in [3.63, 3.8) is 0 Å². The Hall–Kier alpha value is -0.900. The second kappa shape index (κ2) is 5.00. The van der Waals surface area contributed by atoms with E-state index in [1.807, 2.05) is 0 Å². The molecule has 1 aromatic rings. The molecule has 0 radical (unpaired) electrons. The van der Waals surface area contributed by atoms with E-state index in [4.69, 9.17) is 5.73 Å². The number of hydrogen-bond donors (Lipinski definition) is 2. The van der Waals surface area contributed by atoms with Gasteiger partial charge in [0.25, 0.3) is 0 Å². The van der Waals surface area contributed by atoms with Crippen LogP contribution >= 0.6 is 0 Å². The number of hydrogen-bond acceptors (Lipinski definition) is 3. The molecule has 0 aliphatic carbocycles. The van der Waals surface area contributed by atoms with Crippen LogP contribution in [-0.4, -0.2) is 36.1 Å². The van der Waals surface area contributed by atoms with E-state index in [2.05, 4.69) is 40.5 Å². The fraction of sp³-hybridized carbons (Fsp3) is 0.600. The summed E-state index contributed by atoms with van der Waals surface area (Å²) in [4.78, 5) is 2.62. The number of nitrogens with two attached hydrogens (primary N) is 1. The molecule has 98 valence electrons. The van der Waals surface area contributed by atoms with Crippen molar-refractivity contribution in [1.29, 1.82) is 0 Å². The van der Waals surface area contributed by atoms with Crippen LogP contribution in [0.2, 0.25) is 0 Å². The molecular formula is C15H23N3. The summed E-state index contributed by atoms with van der Waals surface area (Å²) >= 11 is 0. The molecule has 0 aromatic heterocycles. The van der Waals surface area contributed by atoms with Crippen LogP contribution in [0.25, 0.3) is 0 Å². The topological polar surface area (TPSA) is 41.3 Å². The van der Waals surface area contributed by atoms with Gasteiger partial charge in [-0.15, -0.1) is 0 Å². The molecule has 1 aromatic carbocycles. The molecule has 2 fully saturated rings. The lowest BCUT2D eigenvalue weighted by Crippen LogP contribution is -2.57. The van der Waals surface area contributed by atoms with Crippen LogP contribution in [0.3, 0.4) is 0 Å². The number of nitrogens with one attached hydrogen (secondary N) is 1. The van der Waals surface area contributed by atoms with Gasteiger partial charge < -0.3 is 11.1 Å². The first-order valence-electron chi connectivity index (χ1n) is 7.07. The fourth-order valence-corrected chi connectivity index (χ4v) is 3.62. The van der Waals surface area contributed by atoms with E-state index >= 15 is 0 Å². The first-order valence-corrected chi connectivity index (χ1v) is 7.07. The van der Waals surface area contributed by atoms with Crippen LogP contribution in [-0.2, 0) is 6.54 Å². The smallest absolute Gasteiger partial charge is 0.0476 e. The minimum atomic E-state index is 0.145. The predicted octanol–water partition coefficient (Wildman–Crippen LogP) is 1.34. The third-order valence-electron chi connectivity index (χ3n) is 4.70. The van der Waals surface area contributed by atoms with E-state index in [0.29, 0.717) is 6.04 Å². The zero-order chi connectivity index (χ0) is 12.4. The molecule has 0 amide bonds. The van der Waals surface area contributed by atoms with Gasteiger partial charge in [-0.05, 0) is 31.4 Å². The molecule has 2 heterocycles. The first-order chi connectivity index (χ1) is 8.84. The highest BCUT2D eigenvalue weighted by Gasteiger charge is 2.47. The summed E-state index contributed by atoms with van der Waals surface area (Å²) < 4.78 is 0. The van der Waals surface area contributed by atoms with E-state index in [1.54, 1.807) is 0 Å². The average molecular weight is 245 g/mol. The Morgan fingerprint density at radius 3 is 2.89 bits per heavy atom. The van der Waals surface area contributed by atoms with Crippen LogP contribution in [0.15, 0.2) is 30.3 Å². The van der Waals surface area contributed by atoms with E-state index in [0.717, 1.165) is 13.1 Å². The minimum Gasteiger partial charge on any atom is -0.329 e. The van der Waals surface area contributed by atoms with Crippen molar-refractivity contribution in [2.75, 3.05) is 19.6 Å². The molecular weight excluding hydrogens is 222 g/mol. The molecule has 3 rings (SSSR count). The lowest BCUT2D eigenvalue weighted by atomic mass is 9.88. The van der Waals surface area contributed by atoms with Crippen molar-refractivity contribution in [3.05, 3.63) is 35.9 Å². The van der Waals surface area contributed by atoms with Gasteiger partial charge in [-0.2, -0.15) is 0 Å². The van der Waals surface area contributed by atoms with Crippen molar-refractivity contribution < 1.29 is 0 Å². The summed E-state index contributed by atoms with van der Waals surface area (Å²) in [5.74, 6) is 0. The summed E-state index contributed by atoms with van der Waals surface area (Å²) in [6, 6.07) is 11.3. The average Bonchev–Trinajstić information content (AvgIpc) is 3.01. The molecule has 18 heavy (non-hydrogen) atoms. The maximum atomic E-state index is 6.10. The fourth-order valence-electron chi connectivity index (χ4n) is 3.62. The Balaban J connectivity index is 1.69.